The van der Waals surface area contributed by atoms with Gasteiger partial charge in [-0.25, -0.2) is 4.98 Å². The highest BCUT2D eigenvalue weighted by Crippen LogP contribution is 2.10. The minimum absolute atomic E-state index is 0.0619. The summed E-state index contributed by atoms with van der Waals surface area (Å²) < 4.78 is 1.83. The van der Waals surface area contributed by atoms with E-state index in [1.807, 2.05) is 28.8 Å². The average Bonchev–Trinajstić information content (AvgIpc) is 2.65. The molecule has 2 aromatic rings. The fourth-order valence-corrected chi connectivity index (χ4v) is 1.25. The Morgan fingerprint density at radius 2 is 2.00 bits per heavy atom. The second-order valence-corrected chi connectivity index (χ2v) is 3.03. The third kappa shape index (κ3) is 1.60. The molecule has 0 unspecified atom stereocenters. The largest absolute Gasteiger partial charge is 0.392 e. The highest BCUT2D eigenvalue weighted by molar-refractivity contribution is 5.37. The van der Waals surface area contributed by atoms with Crippen LogP contribution in [0, 0.1) is 0 Å². The van der Waals surface area contributed by atoms with E-state index >= 15 is 0 Å². The van der Waals surface area contributed by atoms with E-state index in [0.29, 0.717) is 5.82 Å². The van der Waals surface area contributed by atoms with Crippen molar-refractivity contribution >= 4 is 5.82 Å². The fourth-order valence-electron chi connectivity index (χ4n) is 1.25. The summed E-state index contributed by atoms with van der Waals surface area (Å²) in [4.78, 5) is 3.93. The number of nitrogens with zero attached hydrogens (tertiary/aromatic N) is 2. The summed E-state index contributed by atoms with van der Waals surface area (Å²) in [7, 11) is 0. The van der Waals surface area contributed by atoms with Crippen LogP contribution in [0.5, 0.6) is 0 Å². The molecule has 0 atom stereocenters. The number of imidazole rings is 1. The predicted molar refractivity (Wildman–Crippen MR) is 53.9 cm³/mol. The molecule has 1 aromatic carbocycles. The molecule has 4 nitrogen and oxygen atoms in total. The predicted octanol–water partition coefficient (Wildman–Crippen LogP) is 0.947. The van der Waals surface area contributed by atoms with Gasteiger partial charge in [-0.1, -0.05) is 12.1 Å². The zero-order valence-corrected chi connectivity index (χ0v) is 7.59. The smallest absolute Gasteiger partial charge is 0.141 e. The van der Waals surface area contributed by atoms with E-state index in [4.69, 9.17) is 10.8 Å². The molecule has 0 bridgehead atoms. The Kier molecular flexibility index (Phi) is 2.20. The molecule has 0 aliphatic heterocycles. The van der Waals surface area contributed by atoms with Gasteiger partial charge in [0.25, 0.3) is 0 Å². The van der Waals surface area contributed by atoms with Gasteiger partial charge >= 0.3 is 0 Å². The van der Waals surface area contributed by atoms with E-state index in [9.17, 15) is 0 Å². The van der Waals surface area contributed by atoms with Crippen LogP contribution in [-0.2, 0) is 6.61 Å². The van der Waals surface area contributed by atoms with E-state index in [0.717, 1.165) is 11.3 Å². The van der Waals surface area contributed by atoms with Crippen LogP contribution >= 0.6 is 0 Å². The molecule has 2 rings (SSSR count). The molecule has 0 aliphatic carbocycles. The average molecular weight is 189 g/mol. The molecule has 4 heteroatoms. The highest BCUT2D eigenvalue weighted by Gasteiger charge is 1.97. The van der Waals surface area contributed by atoms with Crippen molar-refractivity contribution in [3.05, 3.63) is 42.4 Å². The van der Waals surface area contributed by atoms with Gasteiger partial charge in [-0.15, -0.1) is 0 Å². The van der Waals surface area contributed by atoms with Gasteiger partial charge < -0.3 is 15.4 Å². The number of aliphatic hydroxyl groups excluding tert-OH is 1. The molecule has 3 N–H and O–H groups in total. The number of aliphatic hydroxyl groups is 1. The molecular weight excluding hydrogens is 178 g/mol. The second-order valence-electron chi connectivity index (χ2n) is 3.03. The van der Waals surface area contributed by atoms with Crippen molar-refractivity contribution in [3.8, 4) is 5.69 Å². The maximum atomic E-state index is 8.86. The summed E-state index contributed by atoms with van der Waals surface area (Å²) in [5, 5.41) is 8.86. The molecule has 1 aromatic heterocycles. The van der Waals surface area contributed by atoms with Crippen molar-refractivity contribution in [1.29, 1.82) is 0 Å². The van der Waals surface area contributed by atoms with Gasteiger partial charge in [0.15, 0.2) is 0 Å². The van der Waals surface area contributed by atoms with E-state index in [1.165, 1.54) is 0 Å². The van der Waals surface area contributed by atoms with Crippen LogP contribution in [-0.4, -0.2) is 14.7 Å². The van der Waals surface area contributed by atoms with Crippen molar-refractivity contribution in [3.63, 3.8) is 0 Å². The van der Waals surface area contributed by atoms with Crippen molar-refractivity contribution in [1.82, 2.24) is 9.55 Å². The summed E-state index contributed by atoms with van der Waals surface area (Å²) in [5.74, 6) is 0.497. The van der Waals surface area contributed by atoms with Crippen molar-refractivity contribution in [2.24, 2.45) is 0 Å². The zero-order valence-electron chi connectivity index (χ0n) is 7.59. The molecule has 0 aliphatic rings. The SMILES string of the molecule is Nc1cn(-c2ccc(CO)cc2)cn1. The van der Waals surface area contributed by atoms with Crippen LogP contribution < -0.4 is 5.73 Å². The molecule has 14 heavy (non-hydrogen) atoms. The van der Waals surface area contributed by atoms with Gasteiger partial charge in [-0.05, 0) is 17.7 Å². The Morgan fingerprint density at radius 3 is 2.50 bits per heavy atom. The van der Waals surface area contributed by atoms with Crippen LogP contribution in [0.25, 0.3) is 5.69 Å². The molecule has 72 valence electrons. The van der Waals surface area contributed by atoms with Crippen LogP contribution in [0.15, 0.2) is 36.8 Å². The maximum Gasteiger partial charge on any atom is 0.141 e. The number of anilines is 1. The lowest BCUT2D eigenvalue weighted by Crippen LogP contribution is -1.91. The number of aromatic nitrogens is 2. The first kappa shape index (κ1) is 8.77. The quantitative estimate of drug-likeness (QED) is 0.739. The molecule has 0 radical (unpaired) electrons. The number of hydrogen-bond acceptors (Lipinski definition) is 3. The molecule has 0 saturated heterocycles. The third-order valence-corrected chi connectivity index (χ3v) is 2.02. The van der Waals surface area contributed by atoms with Gasteiger partial charge in [0.2, 0.25) is 0 Å². The lowest BCUT2D eigenvalue weighted by atomic mass is 10.2. The first-order chi connectivity index (χ1) is 6.79. The molecule has 0 spiro atoms. The minimum atomic E-state index is 0.0619. The van der Waals surface area contributed by atoms with Crippen molar-refractivity contribution in [2.75, 3.05) is 5.73 Å². The topological polar surface area (TPSA) is 64.1 Å². The van der Waals surface area contributed by atoms with Crippen LogP contribution in [0.3, 0.4) is 0 Å². The summed E-state index contributed by atoms with van der Waals surface area (Å²) in [5.41, 5.74) is 7.37. The van der Waals surface area contributed by atoms with Gasteiger partial charge in [0, 0.05) is 5.69 Å². The van der Waals surface area contributed by atoms with Gasteiger partial charge in [-0.3, -0.25) is 0 Å². The van der Waals surface area contributed by atoms with Crippen LogP contribution in [0.1, 0.15) is 5.56 Å². The normalized spacial score (nSPS) is 10.4. The monoisotopic (exact) mass is 189 g/mol. The number of rotatable bonds is 2. The number of benzene rings is 1. The van der Waals surface area contributed by atoms with Crippen LogP contribution in [0.4, 0.5) is 5.82 Å². The van der Waals surface area contributed by atoms with Crippen molar-refractivity contribution in [2.45, 2.75) is 6.61 Å². The first-order valence-corrected chi connectivity index (χ1v) is 4.29. The molecule has 0 fully saturated rings. The molecule has 1 heterocycles. The van der Waals surface area contributed by atoms with Gasteiger partial charge in [-0.2, -0.15) is 0 Å². The highest BCUT2D eigenvalue weighted by atomic mass is 16.3. The van der Waals surface area contributed by atoms with E-state index in [-0.39, 0.29) is 6.61 Å². The molecule has 0 saturated carbocycles. The standard InChI is InChI=1S/C10H11N3O/c11-10-5-13(7-12-10)9-3-1-8(6-14)2-4-9/h1-5,7,14H,6,11H2. The number of nitrogens with two attached hydrogens (primary N) is 1. The Balaban J connectivity index is 2.33. The number of nitrogen functional groups attached to an aromatic ring is 1. The van der Waals surface area contributed by atoms with Crippen molar-refractivity contribution < 1.29 is 5.11 Å². The fraction of sp³-hybridized carbons (Fsp3) is 0.100. The van der Waals surface area contributed by atoms with Gasteiger partial charge in [0.1, 0.15) is 12.1 Å². The summed E-state index contributed by atoms with van der Waals surface area (Å²) in [6.45, 7) is 0.0619. The first-order valence-electron chi connectivity index (χ1n) is 4.29. The Morgan fingerprint density at radius 1 is 1.29 bits per heavy atom. The molecular formula is C10H11N3O. The number of hydrogen-bond donors (Lipinski definition) is 2. The van der Waals surface area contributed by atoms with E-state index in [2.05, 4.69) is 4.98 Å². The molecule has 0 amide bonds. The lowest BCUT2D eigenvalue weighted by molar-refractivity contribution is 0.282. The van der Waals surface area contributed by atoms with Gasteiger partial charge in [0.05, 0.1) is 12.8 Å². The zero-order chi connectivity index (χ0) is 9.97. The summed E-state index contributed by atoms with van der Waals surface area (Å²) in [6, 6.07) is 7.55. The maximum absolute atomic E-state index is 8.86. The third-order valence-electron chi connectivity index (χ3n) is 2.02. The summed E-state index contributed by atoms with van der Waals surface area (Å²) in [6.07, 6.45) is 3.40. The minimum Gasteiger partial charge on any atom is -0.392 e. The van der Waals surface area contributed by atoms with E-state index < -0.39 is 0 Å². The second kappa shape index (κ2) is 3.51. The van der Waals surface area contributed by atoms with Crippen LogP contribution in [0.2, 0.25) is 0 Å². The Labute approximate surface area is 81.6 Å². The Hall–Kier alpha value is -1.81. The Bertz CT molecular complexity index is 419. The van der Waals surface area contributed by atoms with E-state index in [1.54, 1.807) is 12.5 Å². The lowest BCUT2D eigenvalue weighted by Gasteiger charge is -2.02. The summed E-state index contributed by atoms with van der Waals surface area (Å²) >= 11 is 0.